The number of aromatic nitrogens is 2. The number of nitrogens with one attached hydrogen (secondary N) is 1. The average molecular weight is 260 g/mol. The van der Waals surface area contributed by atoms with E-state index in [1.54, 1.807) is 6.33 Å². The summed E-state index contributed by atoms with van der Waals surface area (Å²) in [5.74, 6) is 1.38. The molecule has 102 valence electrons. The van der Waals surface area contributed by atoms with Gasteiger partial charge in [0.1, 0.15) is 12.1 Å². The zero-order chi connectivity index (χ0) is 13.7. The van der Waals surface area contributed by atoms with E-state index < -0.39 is 0 Å². The fourth-order valence-corrected chi connectivity index (χ4v) is 1.78. The Labute approximate surface area is 113 Å². The van der Waals surface area contributed by atoms with Gasteiger partial charge in [0.25, 0.3) is 0 Å². The highest BCUT2D eigenvalue weighted by atomic mass is 16.5. The third kappa shape index (κ3) is 3.79. The van der Waals surface area contributed by atoms with E-state index in [0.717, 1.165) is 29.9 Å². The minimum Gasteiger partial charge on any atom is -0.399 e. The molecule has 2 aromatic rings. The molecule has 1 heterocycles. The van der Waals surface area contributed by atoms with E-state index in [0.29, 0.717) is 18.2 Å². The summed E-state index contributed by atoms with van der Waals surface area (Å²) in [5, 5.41) is 4.24. The molecule has 0 fully saturated rings. The number of hydrogen-bond donors (Lipinski definition) is 2. The zero-order valence-corrected chi connectivity index (χ0v) is 11.4. The molecule has 3 N–H and O–H groups in total. The van der Waals surface area contributed by atoms with Crippen LogP contribution in [0.2, 0.25) is 0 Å². The quantitative estimate of drug-likeness (QED) is 0.616. The van der Waals surface area contributed by atoms with Gasteiger partial charge < -0.3 is 15.8 Å². The molecule has 0 unspecified atom stereocenters. The first-order chi connectivity index (χ1) is 9.16. The van der Waals surface area contributed by atoms with Gasteiger partial charge in [-0.25, -0.2) is 9.97 Å². The molecule has 0 amide bonds. The molecule has 5 heteroatoms. The van der Waals surface area contributed by atoms with E-state index in [2.05, 4.69) is 29.1 Å². The molecule has 0 radical (unpaired) electrons. The van der Waals surface area contributed by atoms with Gasteiger partial charge in [0.15, 0.2) is 0 Å². The monoisotopic (exact) mass is 260 g/mol. The van der Waals surface area contributed by atoms with Crippen molar-refractivity contribution in [1.29, 1.82) is 0 Å². The summed E-state index contributed by atoms with van der Waals surface area (Å²) in [6.45, 7) is 6.44. The van der Waals surface area contributed by atoms with Crippen molar-refractivity contribution in [3.63, 3.8) is 0 Å². The minimum atomic E-state index is 0.558. The molecule has 19 heavy (non-hydrogen) atoms. The predicted octanol–water partition coefficient (Wildman–Crippen LogP) is 2.30. The summed E-state index contributed by atoms with van der Waals surface area (Å²) in [5.41, 5.74) is 7.29. The van der Waals surface area contributed by atoms with Crippen LogP contribution in [0.3, 0.4) is 0 Å². The van der Waals surface area contributed by atoms with Gasteiger partial charge in [0, 0.05) is 24.2 Å². The largest absolute Gasteiger partial charge is 0.399 e. The van der Waals surface area contributed by atoms with Gasteiger partial charge in [-0.05, 0) is 24.1 Å². The number of ether oxygens (including phenoxy) is 1. The van der Waals surface area contributed by atoms with Gasteiger partial charge in [-0.2, -0.15) is 0 Å². The maximum absolute atomic E-state index is 5.74. The van der Waals surface area contributed by atoms with E-state index in [-0.39, 0.29) is 0 Å². The molecule has 0 bridgehead atoms. The molecule has 2 rings (SSSR count). The van der Waals surface area contributed by atoms with Gasteiger partial charge in [-0.1, -0.05) is 13.8 Å². The van der Waals surface area contributed by atoms with Gasteiger partial charge in [-0.15, -0.1) is 0 Å². The fraction of sp³-hybridized carbons (Fsp3) is 0.429. The first kappa shape index (κ1) is 13.5. The summed E-state index contributed by atoms with van der Waals surface area (Å²) in [6.07, 6.45) is 1.54. The van der Waals surface area contributed by atoms with Crippen LogP contribution < -0.4 is 11.1 Å². The summed E-state index contributed by atoms with van der Waals surface area (Å²) < 4.78 is 5.52. The Morgan fingerprint density at radius 2 is 2.16 bits per heavy atom. The molecule has 0 aliphatic carbocycles. The topological polar surface area (TPSA) is 73.1 Å². The van der Waals surface area contributed by atoms with Crippen molar-refractivity contribution in [3.8, 4) is 0 Å². The van der Waals surface area contributed by atoms with Crippen LogP contribution >= 0.6 is 0 Å². The highest BCUT2D eigenvalue weighted by molar-refractivity contribution is 5.90. The first-order valence-electron chi connectivity index (χ1n) is 6.48. The van der Waals surface area contributed by atoms with Crippen LogP contribution in [0.4, 0.5) is 11.5 Å². The van der Waals surface area contributed by atoms with Gasteiger partial charge >= 0.3 is 0 Å². The Kier molecular flexibility index (Phi) is 4.52. The van der Waals surface area contributed by atoms with Crippen molar-refractivity contribution >= 4 is 22.4 Å². The molecule has 1 aromatic heterocycles. The van der Waals surface area contributed by atoms with Crippen molar-refractivity contribution in [3.05, 3.63) is 24.5 Å². The lowest BCUT2D eigenvalue weighted by atomic mass is 10.2. The minimum absolute atomic E-state index is 0.558. The van der Waals surface area contributed by atoms with Gasteiger partial charge in [0.2, 0.25) is 0 Å². The molecule has 0 atom stereocenters. The lowest BCUT2D eigenvalue weighted by molar-refractivity contribution is 0.118. The number of rotatable bonds is 6. The number of anilines is 2. The molecule has 1 aromatic carbocycles. The number of nitrogens with two attached hydrogens (primary N) is 1. The number of benzene rings is 1. The predicted molar refractivity (Wildman–Crippen MR) is 78.1 cm³/mol. The van der Waals surface area contributed by atoms with Crippen LogP contribution in [0.5, 0.6) is 0 Å². The third-order valence-corrected chi connectivity index (χ3v) is 2.65. The maximum Gasteiger partial charge on any atom is 0.137 e. The Hall–Kier alpha value is -1.88. The number of nitrogens with zero attached hydrogens (tertiary/aromatic N) is 2. The molecule has 0 saturated carbocycles. The van der Waals surface area contributed by atoms with Crippen molar-refractivity contribution in [2.24, 2.45) is 5.92 Å². The summed E-state index contributed by atoms with van der Waals surface area (Å²) >= 11 is 0. The first-order valence-corrected chi connectivity index (χ1v) is 6.48. The summed E-state index contributed by atoms with van der Waals surface area (Å²) in [7, 11) is 0. The summed E-state index contributed by atoms with van der Waals surface area (Å²) in [4.78, 5) is 8.46. The van der Waals surface area contributed by atoms with Crippen molar-refractivity contribution in [2.45, 2.75) is 13.8 Å². The van der Waals surface area contributed by atoms with Crippen LogP contribution in [0, 0.1) is 5.92 Å². The van der Waals surface area contributed by atoms with Crippen molar-refractivity contribution < 1.29 is 4.74 Å². The van der Waals surface area contributed by atoms with E-state index in [9.17, 15) is 0 Å². The SMILES string of the molecule is CC(C)COCCNc1ncnc2cc(N)ccc12. The smallest absolute Gasteiger partial charge is 0.137 e. The fourth-order valence-electron chi connectivity index (χ4n) is 1.78. The Morgan fingerprint density at radius 3 is 2.95 bits per heavy atom. The number of hydrogen-bond acceptors (Lipinski definition) is 5. The van der Waals surface area contributed by atoms with E-state index in [4.69, 9.17) is 10.5 Å². The Bertz CT molecular complexity index is 542. The zero-order valence-electron chi connectivity index (χ0n) is 11.4. The second kappa shape index (κ2) is 6.33. The van der Waals surface area contributed by atoms with E-state index in [1.165, 1.54) is 0 Å². The normalized spacial score (nSPS) is 11.1. The van der Waals surface area contributed by atoms with Crippen LogP contribution in [-0.4, -0.2) is 29.7 Å². The third-order valence-electron chi connectivity index (χ3n) is 2.65. The van der Waals surface area contributed by atoms with Crippen molar-refractivity contribution in [1.82, 2.24) is 9.97 Å². The van der Waals surface area contributed by atoms with Crippen molar-refractivity contribution in [2.75, 3.05) is 30.8 Å². The molecule has 0 spiro atoms. The molecule has 0 aliphatic heterocycles. The lowest BCUT2D eigenvalue weighted by Crippen LogP contribution is -2.13. The van der Waals surface area contributed by atoms with Gasteiger partial charge in [-0.3, -0.25) is 0 Å². The number of fused-ring (bicyclic) bond motifs is 1. The molecule has 0 aliphatic rings. The molecular formula is C14H20N4O. The standard InChI is InChI=1S/C14H20N4O/c1-10(2)8-19-6-5-16-14-12-4-3-11(15)7-13(12)17-9-18-14/h3-4,7,9-10H,5-6,8,15H2,1-2H3,(H,16,17,18). The van der Waals surface area contributed by atoms with Crippen LogP contribution in [0.25, 0.3) is 10.9 Å². The number of nitrogen functional groups attached to an aromatic ring is 1. The average Bonchev–Trinajstić information content (AvgIpc) is 2.37. The van der Waals surface area contributed by atoms with E-state index in [1.807, 2.05) is 18.2 Å². The van der Waals surface area contributed by atoms with Crippen LogP contribution in [0.1, 0.15) is 13.8 Å². The van der Waals surface area contributed by atoms with Crippen LogP contribution in [0.15, 0.2) is 24.5 Å². The van der Waals surface area contributed by atoms with Gasteiger partial charge in [0.05, 0.1) is 12.1 Å². The maximum atomic E-state index is 5.74. The highest BCUT2D eigenvalue weighted by Gasteiger charge is 2.03. The molecule has 5 nitrogen and oxygen atoms in total. The highest BCUT2D eigenvalue weighted by Crippen LogP contribution is 2.20. The Morgan fingerprint density at radius 1 is 1.32 bits per heavy atom. The van der Waals surface area contributed by atoms with Crippen LogP contribution in [-0.2, 0) is 4.74 Å². The Balaban J connectivity index is 1.97. The molecule has 0 saturated heterocycles. The lowest BCUT2D eigenvalue weighted by Gasteiger charge is -2.10. The second-order valence-corrected chi connectivity index (χ2v) is 4.89. The molecular weight excluding hydrogens is 240 g/mol. The van der Waals surface area contributed by atoms with E-state index >= 15 is 0 Å². The summed E-state index contributed by atoms with van der Waals surface area (Å²) in [6, 6.07) is 5.63. The second-order valence-electron chi connectivity index (χ2n) is 4.89.